The highest BCUT2D eigenvalue weighted by Gasteiger charge is 2.35. The first-order valence-corrected chi connectivity index (χ1v) is 9.32. The molecule has 4 heteroatoms. The molecule has 28 heavy (non-hydrogen) atoms. The Balaban J connectivity index is 1.60. The lowest BCUT2D eigenvalue weighted by atomic mass is 9.87. The van der Waals surface area contributed by atoms with Crippen molar-refractivity contribution >= 4 is 11.9 Å². The summed E-state index contributed by atoms with van der Waals surface area (Å²) >= 11 is 0. The van der Waals surface area contributed by atoms with Gasteiger partial charge in [-0.2, -0.15) is 0 Å². The Bertz CT molecular complexity index is 966. The molecule has 0 saturated carbocycles. The van der Waals surface area contributed by atoms with Crippen LogP contribution in [0.2, 0.25) is 0 Å². The van der Waals surface area contributed by atoms with Gasteiger partial charge in [-0.25, -0.2) is 9.59 Å². The molecule has 0 spiro atoms. The fourth-order valence-corrected chi connectivity index (χ4v) is 3.49. The maximum atomic E-state index is 12.7. The van der Waals surface area contributed by atoms with Crippen molar-refractivity contribution in [3.8, 4) is 0 Å². The van der Waals surface area contributed by atoms with E-state index in [1.54, 1.807) is 48.5 Å². The van der Waals surface area contributed by atoms with E-state index in [-0.39, 0.29) is 0 Å². The zero-order chi connectivity index (χ0) is 19.3. The highest BCUT2D eigenvalue weighted by Crippen LogP contribution is 2.35. The number of rotatable bonds is 4. The van der Waals surface area contributed by atoms with Crippen LogP contribution in [0.5, 0.6) is 0 Å². The Morgan fingerprint density at radius 1 is 0.679 bits per heavy atom. The van der Waals surface area contributed by atoms with Crippen LogP contribution in [-0.4, -0.2) is 18.0 Å². The molecule has 4 nitrogen and oxygen atoms in total. The zero-order valence-corrected chi connectivity index (χ0v) is 15.3. The van der Waals surface area contributed by atoms with Crippen LogP contribution in [0.15, 0.2) is 84.9 Å². The van der Waals surface area contributed by atoms with E-state index in [2.05, 4.69) is 0 Å². The van der Waals surface area contributed by atoms with Gasteiger partial charge in [0.2, 0.25) is 0 Å². The predicted octanol–water partition coefficient (Wildman–Crippen LogP) is 4.76. The number of hydrogen-bond acceptors (Lipinski definition) is 4. The van der Waals surface area contributed by atoms with Crippen LogP contribution in [0.25, 0.3) is 0 Å². The third-order valence-electron chi connectivity index (χ3n) is 4.91. The number of benzene rings is 3. The quantitative estimate of drug-likeness (QED) is 0.620. The fourth-order valence-electron chi connectivity index (χ4n) is 3.49. The molecule has 1 aliphatic carbocycles. The molecule has 3 aromatic carbocycles. The van der Waals surface area contributed by atoms with Gasteiger partial charge in [-0.3, -0.25) is 0 Å². The summed E-state index contributed by atoms with van der Waals surface area (Å²) in [5, 5.41) is 0. The molecule has 0 unspecified atom stereocenters. The lowest BCUT2D eigenvalue weighted by Gasteiger charge is -2.32. The standard InChI is InChI=1S/C24H20O4/c25-23(18-10-3-1-4-11-18)27-21-16-15-17-9-7-8-14-20(17)22(21)28-24(26)19-12-5-2-6-13-19/h1-14,21-22H,15-16H2/t21-,22-/m1/s1. The molecule has 0 radical (unpaired) electrons. The van der Waals surface area contributed by atoms with E-state index in [1.165, 1.54) is 0 Å². The largest absolute Gasteiger partial charge is 0.454 e. The number of fused-ring (bicyclic) bond motifs is 1. The van der Waals surface area contributed by atoms with Gasteiger partial charge in [0.25, 0.3) is 0 Å². The Hall–Kier alpha value is -3.40. The number of ether oxygens (including phenoxy) is 2. The van der Waals surface area contributed by atoms with Crippen LogP contribution < -0.4 is 0 Å². The lowest BCUT2D eigenvalue weighted by molar-refractivity contribution is -0.0437. The summed E-state index contributed by atoms with van der Waals surface area (Å²) in [6.45, 7) is 0. The predicted molar refractivity (Wildman–Crippen MR) is 105 cm³/mol. The van der Waals surface area contributed by atoms with E-state index >= 15 is 0 Å². The van der Waals surface area contributed by atoms with E-state index < -0.39 is 24.1 Å². The number of carbonyl (C=O) groups excluding carboxylic acids is 2. The van der Waals surface area contributed by atoms with Crippen LogP contribution in [0.3, 0.4) is 0 Å². The summed E-state index contributed by atoms with van der Waals surface area (Å²) in [6, 6.07) is 25.5. The average Bonchev–Trinajstić information content (AvgIpc) is 2.76. The zero-order valence-electron chi connectivity index (χ0n) is 15.3. The van der Waals surface area contributed by atoms with Gasteiger partial charge in [0, 0.05) is 0 Å². The fraction of sp³-hybridized carbons (Fsp3) is 0.167. The van der Waals surface area contributed by atoms with Crippen LogP contribution in [0.4, 0.5) is 0 Å². The minimum absolute atomic E-state index is 0.411. The van der Waals surface area contributed by atoms with Crippen molar-refractivity contribution in [2.24, 2.45) is 0 Å². The summed E-state index contributed by atoms with van der Waals surface area (Å²) in [5.74, 6) is -0.839. The van der Waals surface area contributed by atoms with Crippen molar-refractivity contribution in [2.45, 2.75) is 25.0 Å². The van der Waals surface area contributed by atoms with E-state index in [9.17, 15) is 9.59 Å². The monoisotopic (exact) mass is 372 g/mol. The van der Waals surface area contributed by atoms with Gasteiger partial charge in [0.1, 0.15) is 6.10 Å². The van der Waals surface area contributed by atoms with Gasteiger partial charge in [-0.15, -0.1) is 0 Å². The molecule has 0 amide bonds. The molecule has 0 fully saturated rings. The first-order chi connectivity index (χ1) is 13.7. The van der Waals surface area contributed by atoms with Crippen LogP contribution >= 0.6 is 0 Å². The molecule has 3 aromatic rings. The smallest absolute Gasteiger partial charge is 0.338 e. The second-order valence-corrected chi connectivity index (χ2v) is 6.74. The second-order valence-electron chi connectivity index (χ2n) is 6.74. The maximum absolute atomic E-state index is 12.7. The Kier molecular flexibility index (Phi) is 5.20. The van der Waals surface area contributed by atoms with Gasteiger partial charge in [-0.1, -0.05) is 60.7 Å². The number of hydrogen-bond donors (Lipinski definition) is 0. The van der Waals surface area contributed by atoms with Crippen molar-refractivity contribution in [1.29, 1.82) is 0 Å². The van der Waals surface area contributed by atoms with Gasteiger partial charge in [0.15, 0.2) is 6.10 Å². The topological polar surface area (TPSA) is 52.6 Å². The highest BCUT2D eigenvalue weighted by atomic mass is 16.6. The normalized spacial score (nSPS) is 18.0. The van der Waals surface area contributed by atoms with Crippen LogP contribution in [-0.2, 0) is 15.9 Å². The Labute approximate surface area is 163 Å². The molecule has 140 valence electrons. The molecule has 0 saturated heterocycles. The molecule has 0 aromatic heterocycles. The molecular weight excluding hydrogens is 352 g/mol. The summed E-state index contributed by atoms with van der Waals surface area (Å²) in [4.78, 5) is 25.2. The van der Waals surface area contributed by atoms with Crippen LogP contribution in [0, 0.1) is 0 Å². The number of esters is 2. The third-order valence-corrected chi connectivity index (χ3v) is 4.91. The minimum Gasteiger partial charge on any atom is -0.454 e. The molecule has 0 N–H and O–H groups in total. The molecule has 4 rings (SSSR count). The van der Waals surface area contributed by atoms with E-state index in [0.29, 0.717) is 17.5 Å². The van der Waals surface area contributed by atoms with E-state index in [0.717, 1.165) is 17.5 Å². The minimum atomic E-state index is -0.634. The summed E-state index contributed by atoms with van der Waals surface area (Å²) in [5.41, 5.74) is 2.96. The third kappa shape index (κ3) is 3.81. The van der Waals surface area contributed by atoms with E-state index in [1.807, 2.05) is 36.4 Å². The molecule has 1 aliphatic rings. The van der Waals surface area contributed by atoms with Gasteiger partial charge in [-0.05, 0) is 48.2 Å². The van der Waals surface area contributed by atoms with Gasteiger partial charge in [0.05, 0.1) is 11.1 Å². The lowest BCUT2D eigenvalue weighted by Crippen LogP contribution is -2.33. The van der Waals surface area contributed by atoms with Gasteiger partial charge < -0.3 is 9.47 Å². The highest BCUT2D eigenvalue weighted by molar-refractivity contribution is 5.90. The SMILES string of the molecule is O=C(O[C@@H]1c2ccccc2CC[C@H]1OC(=O)c1ccccc1)c1ccccc1. The van der Waals surface area contributed by atoms with Crippen molar-refractivity contribution in [3.63, 3.8) is 0 Å². The van der Waals surface area contributed by atoms with Crippen molar-refractivity contribution in [1.82, 2.24) is 0 Å². The average molecular weight is 372 g/mol. The summed E-state index contributed by atoms with van der Waals surface area (Å²) in [6.07, 6.45) is 0.200. The molecule has 0 heterocycles. The Morgan fingerprint density at radius 2 is 1.21 bits per heavy atom. The van der Waals surface area contributed by atoms with Gasteiger partial charge >= 0.3 is 11.9 Å². The molecular formula is C24H20O4. The maximum Gasteiger partial charge on any atom is 0.338 e. The number of aryl methyl sites for hydroxylation is 1. The Morgan fingerprint density at radius 3 is 1.86 bits per heavy atom. The van der Waals surface area contributed by atoms with Crippen molar-refractivity contribution in [3.05, 3.63) is 107 Å². The molecule has 0 bridgehead atoms. The first-order valence-electron chi connectivity index (χ1n) is 9.32. The molecule has 2 atom stereocenters. The van der Waals surface area contributed by atoms with E-state index in [4.69, 9.17) is 9.47 Å². The summed E-state index contributed by atoms with van der Waals surface area (Å²) < 4.78 is 11.6. The van der Waals surface area contributed by atoms with Crippen LogP contribution in [0.1, 0.15) is 44.4 Å². The first kappa shape index (κ1) is 18.0. The van der Waals surface area contributed by atoms with Crippen molar-refractivity contribution in [2.75, 3.05) is 0 Å². The number of carbonyl (C=O) groups is 2. The second kappa shape index (κ2) is 8.09. The molecule has 0 aliphatic heterocycles. The summed E-state index contributed by atoms with van der Waals surface area (Å²) in [7, 11) is 0. The van der Waals surface area contributed by atoms with Crippen molar-refractivity contribution < 1.29 is 19.1 Å².